The van der Waals surface area contributed by atoms with Crippen LogP contribution in [0.4, 0.5) is 5.82 Å². The van der Waals surface area contributed by atoms with Crippen molar-refractivity contribution in [2.45, 2.75) is 6.54 Å². The fraction of sp³-hybridized carbons (Fsp3) is 0.250. The molecule has 0 saturated heterocycles. The van der Waals surface area contributed by atoms with Crippen LogP contribution in [-0.4, -0.2) is 49.5 Å². The number of methoxy groups -OCH3 is 4. The third-order valence-electron chi connectivity index (χ3n) is 4.41. The predicted molar refractivity (Wildman–Crippen MR) is 106 cm³/mol. The maximum atomic E-state index is 11.9. The van der Waals surface area contributed by atoms with E-state index >= 15 is 0 Å². The summed E-state index contributed by atoms with van der Waals surface area (Å²) in [5.41, 5.74) is 1.26. The van der Waals surface area contributed by atoms with Crippen molar-refractivity contribution in [1.82, 2.24) is 9.97 Å². The lowest BCUT2D eigenvalue weighted by Crippen LogP contribution is -2.07. The number of fused-ring (bicyclic) bond motifs is 1. The van der Waals surface area contributed by atoms with E-state index in [4.69, 9.17) is 18.9 Å². The molecule has 0 aliphatic heterocycles. The molecule has 0 atom stereocenters. The maximum absolute atomic E-state index is 11.9. The molecular weight excluding hydrogens is 378 g/mol. The molecular formula is C20H21N3O6. The van der Waals surface area contributed by atoms with Gasteiger partial charge in [0.15, 0.2) is 0 Å². The van der Waals surface area contributed by atoms with Crippen molar-refractivity contribution in [3.05, 3.63) is 41.7 Å². The Morgan fingerprint density at radius 3 is 2.28 bits per heavy atom. The van der Waals surface area contributed by atoms with Gasteiger partial charge >= 0.3 is 5.97 Å². The largest absolute Gasteiger partial charge is 0.507 e. The minimum Gasteiger partial charge on any atom is -0.507 e. The average molecular weight is 399 g/mol. The number of phenolic OH excluding ortho intramolecular Hbond substituents is 1. The van der Waals surface area contributed by atoms with Gasteiger partial charge in [0.25, 0.3) is 0 Å². The van der Waals surface area contributed by atoms with E-state index in [-0.39, 0.29) is 11.3 Å². The highest BCUT2D eigenvalue weighted by molar-refractivity contribution is 6.00. The summed E-state index contributed by atoms with van der Waals surface area (Å²) >= 11 is 0. The zero-order chi connectivity index (χ0) is 21.0. The van der Waals surface area contributed by atoms with E-state index in [2.05, 4.69) is 15.3 Å². The van der Waals surface area contributed by atoms with Crippen LogP contribution in [0.3, 0.4) is 0 Å². The van der Waals surface area contributed by atoms with Crippen molar-refractivity contribution < 1.29 is 28.8 Å². The molecule has 0 saturated carbocycles. The molecule has 0 aliphatic carbocycles. The fourth-order valence-electron chi connectivity index (χ4n) is 2.93. The SMILES string of the molecule is COC(=O)c1cc2c(NCc3c(OC)cc(OC)cc3OC)ncnc2cc1O. The van der Waals surface area contributed by atoms with Gasteiger partial charge in [-0.3, -0.25) is 0 Å². The lowest BCUT2D eigenvalue weighted by Gasteiger charge is -2.16. The van der Waals surface area contributed by atoms with E-state index in [1.165, 1.54) is 25.6 Å². The van der Waals surface area contributed by atoms with Crippen LogP contribution in [0.2, 0.25) is 0 Å². The standard InChI is InChI=1S/C20H21N3O6/c1-26-11-5-17(27-2)14(18(6-11)28-3)9-21-19-12-7-13(20(25)29-4)16(24)8-15(12)22-10-23-19/h5-8,10,24H,9H2,1-4H3,(H,21,22,23). The molecule has 2 N–H and O–H groups in total. The van der Waals surface area contributed by atoms with Crippen LogP contribution < -0.4 is 19.5 Å². The molecule has 9 heteroatoms. The molecule has 0 unspecified atom stereocenters. The molecule has 0 aliphatic rings. The van der Waals surface area contributed by atoms with Gasteiger partial charge in [-0.25, -0.2) is 14.8 Å². The van der Waals surface area contributed by atoms with Gasteiger partial charge in [0.1, 0.15) is 40.7 Å². The number of ether oxygens (including phenoxy) is 4. The molecule has 0 fully saturated rings. The van der Waals surface area contributed by atoms with Gasteiger partial charge in [-0.15, -0.1) is 0 Å². The van der Waals surface area contributed by atoms with Gasteiger partial charge in [0.05, 0.1) is 39.5 Å². The van der Waals surface area contributed by atoms with Crippen LogP contribution in [-0.2, 0) is 11.3 Å². The third-order valence-corrected chi connectivity index (χ3v) is 4.41. The monoisotopic (exact) mass is 399 g/mol. The van der Waals surface area contributed by atoms with E-state index in [0.717, 1.165) is 5.56 Å². The minimum absolute atomic E-state index is 0.0254. The molecule has 2 aromatic carbocycles. The molecule has 0 spiro atoms. The molecule has 9 nitrogen and oxygen atoms in total. The number of aromatic hydroxyl groups is 1. The number of nitrogens with zero attached hydrogens (tertiary/aromatic N) is 2. The second-order valence-electron chi connectivity index (χ2n) is 5.96. The predicted octanol–water partition coefficient (Wildman–Crippen LogP) is 2.76. The zero-order valence-electron chi connectivity index (χ0n) is 16.5. The minimum atomic E-state index is -0.655. The quantitative estimate of drug-likeness (QED) is 0.579. The summed E-state index contributed by atoms with van der Waals surface area (Å²) in [6.45, 7) is 0.316. The normalized spacial score (nSPS) is 10.5. The van der Waals surface area contributed by atoms with Crippen molar-refractivity contribution in [3.63, 3.8) is 0 Å². The Hall–Kier alpha value is -3.75. The van der Waals surface area contributed by atoms with Gasteiger partial charge < -0.3 is 29.4 Å². The molecule has 3 rings (SSSR count). The van der Waals surface area contributed by atoms with Crippen LogP contribution >= 0.6 is 0 Å². The summed E-state index contributed by atoms with van der Waals surface area (Å²) in [5, 5.41) is 13.8. The first-order valence-electron chi connectivity index (χ1n) is 8.61. The first-order chi connectivity index (χ1) is 14.0. The highest BCUT2D eigenvalue weighted by Gasteiger charge is 2.17. The molecule has 3 aromatic rings. The van der Waals surface area contributed by atoms with Crippen LogP contribution in [0.15, 0.2) is 30.6 Å². The second-order valence-corrected chi connectivity index (χ2v) is 5.96. The average Bonchev–Trinajstić information content (AvgIpc) is 2.75. The molecule has 29 heavy (non-hydrogen) atoms. The Morgan fingerprint density at radius 1 is 1.00 bits per heavy atom. The number of esters is 1. The molecule has 1 aromatic heterocycles. The Morgan fingerprint density at radius 2 is 1.69 bits per heavy atom. The van der Waals surface area contributed by atoms with Crippen LogP contribution in [0.5, 0.6) is 23.0 Å². The highest BCUT2D eigenvalue weighted by atomic mass is 16.5. The summed E-state index contributed by atoms with van der Waals surface area (Å²) in [7, 11) is 5.93. The number of carbonyl (C=O) groups is 1. The van der Waals surface area contributed by atoms with Gasteiger partial charge in [0, 0.05) is 30.1 Å². The Kier molecular flexibility index (Phi) is 5.87. The lowest BCUT2D eigenvalue weighted by molar-refractivity contribution is 0.0597. The van der Waals surface area contributed by atoms with Gasteiger partial charge in [-0.05, 0) is 6.07 Å². The summed E-state index contributed by atoms with van der Waals surface area (Å²) in [4.78, 5) is 20.3. The topological polar surface area (TPSA) is 112 Å². The maximum Gasteiger partial charge on any atom is 0.341 e. The summed E-state index contributed by atoms with van der Waals surface area (Å²) in [6, 6.07) is 6.39. The van der Waals surface area contributed by atoms with Crippen molar-refractivity contribution in [2.24, 2.45) is 0 Å². The lowest BCUT2D eigenvalue weighted by atomic mass is 10.1. The summed E-state index contributed by atoms with van der Waals surface area (Å²) in [5.74, 6) is 1.37. The van der Waals surface area contributed by atoms with Crippen LogP contribution in [0.1, 0.15) is 15.9 Å². The Bertz CT molecular complexity index is 1030. The first-order valence-corrected chi connectivity index (χ1v) is 8.61. The molecule has 0 radical (unpaired) electrons. The summed E-state index contributed by atoms with van der Waals surface area (Å²) in [6.07, 6.45) is 1.37. The number of benzene rings is 2. The Labute approximate surface area is 167 Å². The first kappa shape index (κ1) is 20.0. The number of hydrogen-bond donors (Lipinski definition) is 2. The van der Waals surface area contributed by atoms with Crippen LogP contribution in [0.25, 0.3) is 10.9 Å². The van der Waals surface area contributed by atoms with E-state index in [1.54, 1.807) is 33.5 Å². The molecule has 152 valence electrons. The molecule has 1 heterocycles. The number of anilines is 1. The number of rotatable bonds is 7. The van der Waals surface area contributed by atoms with E-state index < -0.39 is 5.97 Å². The van der Waals surface area contributed by atoms with Gasteiger partial charge in [0.2, 0.25) is 0 Å². The zero-order valence-corrected chi connectivity index (χ0v) is 16.5. The van der Waals surface area contributed by atoms with Crippen molar-refractivity contribution >= 4 is 22.7 Å². The van der Waals surface area contributed by atoms with Gasteiger partial charge in [-0.1, -0.05) is 0 Å². The van der Waals surface area contributed by atoms with E-state index in [1.807, 2.05) is 0 Å². The smallest absolute Gasteiger partial charge is 0.341 e. The fourth-order valence-corrected chi connectivity index (χ4v) is 2.93. The van der Waals surface area contributed by atoms with E-state index in [0.29, 0.717) is 40.5 Å². The number of phenols is 1. The van der Waals surface area contributed by atoms with E-state index in [9.17, 15) is 9.90 Å². The molecule has 0 amide bonds. The van der Waals surface area contributed by atoms with Crippen molar-refractivity contribution in [3.8, 4) is 23.0 Å². The number of carbonyl (C=O) groups excluding carboxylic acids is 1. The van der Waals surface area contributed by atoms with Crippen molar-refractivity contribution in [1.29, 1.82) is 0 Å². The van der Waals surface area contributed by atoms with Crippen molar-refractivity contribution in [2.75, 3.05) is 33.8 Å². The number of aromatic nitrogens is 2. The van der Waals surface area contributed by atoms with Gasteiger partial charge in [-0.2, -0.15) is 0 Å². The second kappa shape index (κ2) is 8.51. The third kappa shape index (κ3) is 3.93. The number of nitrogens with one attached hydrogen (secondary N) is 1. The summed E-state index contributed by atoms with van der Waals surface area (Å²) < 4.78 is 20.9. The van der Waals surface area contributed by atoms with Crippen LogP contribution in [0, 0.1) is 0 Å². The Balaban J connectivity index is 2.00. The molecule has 0 bridgehead atoms. The highest BCUT2D eigenvalue weighted by Crippen LogP contribution is 2.35. The number of hydrogen-bond acceptors (Lipinski definition) is 9.